The zero-order valence-electron chi connectivity index (χ0n) is 19.2. The summed E-state index contributed by atoms with van der Waals surface area (Å²) in [5.41, 5.74) is 2.03. The third kappa shape index (κ3) is 3.96. The SMILES string of the molecule is O=C(NCc1ccc(Cn2cncn2)cc1)C1CCCN1C(=O)C12CC3CC(CC(C3)C1)C2. The van der Waals surface area contributed by atoms with Crippen molar-refractivity contribution in [3.05, 3.63) is 48.0 Å². The number of carbonyl (C=O) groups excluding carboxylic acids is 2. The van der Waals surface area contributed by atoms with Crippen LogP contribution < -0.4 is 5.32 Å². The fourth-order valence-corrected chi connectivity index (χ4v) is 7.53. The number of hydrogen-bond donors (Lipinski definition) is 1. The maximum atomic E-state index is 13.8. The molecule has 1 unspecified atom stereocenters. The molecule has 174 valence electrons. The van der Waals surface area contributed by atoms with Crippen LogP contribution in [0, 0.1) is 23.2 Å². The Balaban J connectivity index is 1.07. The molecule has 5 fully saturated rings. The van der Waals surface area contributed by atoms with Gasteiger partial charge < -0.3 is 10.2 Å². The van der Waals surface area contributed by atoms with Crippen LogP contribution in [0.2, 0.25) is 0 Å². The predicted octanol–water partition coefficient (Wildman–Crippen LogP) is 3.15. The average Bonchev–Trinajstić information content (AvgIpc) is 3.49. The maximum Gasteiger partial charge on any atom is 0.243 e. The van der Waals surface area contributed by atoms with E-state index < -0.39 is 0 Å². The third-order valence-electron chi connectivity index (χ3n) is 8.61. The van der Waals surface area contributed by atoms with Crippen LogP contribution in [-0.2, 0) is 22.7 Å². The summed E-state index contributed by atoms with van der Waals surface area (Å²) in [6, 6.07) is 7.89. The van der Waals surface area contributed by atoms with Crippen molar-refractivity contribution in [3.63, 3.8) is 0 Å². The third-order valence-corrected chi connectivity index (χ3v) is 8.61. The lowest BCUT2D eigenvalue weighted by molar-refractivity contribution is -0.160. The van der Waals surface area contributed by atoms with Crippen LogP contribution in [-0.4, -0.2) is 44.1 Å². The topological polar surface area (TPSA) is 80.1 Å². The van der Waals surface area contributed by atoms with Crippen molar-refractivity contribution in [2.75, 3.05) is 6.54 Å². The second-order valence-electron chi connectivity index (χ2n) is 11.0. The van der Waals surface area contributed by atoms with Crippen LogP contribution in [0.5, 0.6) is 0 Å². The molecule has 4 saturated carbocycles. The van der Waals surface area contributed by atoms with E-state index in [0.717, 1.165) is 67.5 Å². The molecule has 0 spiro atoms. The number of aromatic nitrogens is 3. The Morgan fingerprint density at radius 3 is 2.30 bits per heavy atom. The van der Waals surface area contributed by atoms with E-state index in [4.69, 9.17) is 0 Å². The molecule has 1 aromatic carbocycles. The Hall–Kier alpha value is -2.70. The average molecular weight is 448 g/mol. The molecular weight excluding hydrogens is 414 g/mol. The molecule has 1 saturated heterocycles. The Morgan fingerprint density at radius 2 is 1.67 bits per heavy atom. The number of hydrogen-bond acceptors (Lipinski definition) is 4. The second-order valence-corrected chi connectivity index (χ2v) is 11.0. The van der Waals surface area contributed by atoms with Gasteiger partial charge in [0.05, 0.1) is 12.0 Å². The number of amides is 2. The highest BCUT2D eigenvalue weighted by Gasteiger charge is 2.56. The van der Waals surface area contributed by atoms with Gasteiger partial charge in [-0.1, -0.05) is 24.3 Å². The molecule has 1 aliphatic heterocycles. The number of carbonyl (C=O) groups is 2. The van der Waals surface area contributed by atoms with Crippen LogP contribution in [0.15, 0.2) is 36.9 Å². The highest BCUT2D eigenvalue weighted by atomic mass is 16.2. The molecule has 7 nitrogen and oxygen atoms in total. The van der Waals surface area contributed by atoms with Crippen molar-refractivity contribution < 1.29 is 9.59 Å². The molecule has 2 amide bonds. The summed E-state index contributed by atoms with van der Waals surface area (Å²) in [4.78, 5) is 32.8. The van der Waals surface area contributed by atoms with Crippen LogP contribution in [0.25, 0.3) is 0 Å². The monoisotopic (exact) mass is 447 g/mol. The number of rotatable bonds is 6. The first-order valence-electron chi connectivity index (χ1n) is 12.6. The smallest absolute Gasteiger partial charge is 0.243 e. The van der Waals surface area contributed by atoms with E-state index in [0.29, 0.717) is 13.1 Å². The Labute approximate surface area is 194 Å². The minimum absolute atomic E-state index is 0.00253. The molecule has 4 bridgehead atoms. The maximum absolute atomic E-state index is 13.8. The van der Waals surface area contributed by atoms with Gasteiger partial charge >= 0.3 is 0 Å². The first-order valence-corrected chi connectivity index (χ1v) is 12.6. The van der Waals surface area contributed by atoms with Gasteiger partial charge in [-0.2, -0.15) is 5.10 Å². The summed E-state index contributed by atoms with van der Waals surface area (Å²) in [7, 11) is 0. The quantitative estimate of drug-likeness (QED) is 0.738. The minimum Gasteiger partial charge on any atom is -0.350 e. The Morgan fingerprint density at radius 1 is 1.00 bits per heavy atom. The molecule has 4 aliphatic carbocycles. The van der Waals surface area contributed by atoms with E-state index in [-0.39, 0.29) is 23.3 Å². The molecular formula is C26H33N5O2. The molecule has 2 heterocycles. The van der Waals surface area contributed by atoms with Crippen LogP contribution >= 0.6 is 0 Å². The van der Waals surface area contributed by atoms with Crippen molar-refractivity contribution in [3.8, 4) is 0 Å². The molecule has 7 rings (SSSR count). The van der Waals surface area contributed by atoms with Gasteiger partial charge in [0.25, 0.3) is 0 Å². The highest BCUT2D eigenvalue weighted by molar-refractivity contribution is 5.91. The molecule has 33 heavy (non-hydrogen) atoms. The van der Waals surface area contributed by atoms with E-state index in [9.17, 15) is 9.59 Å². The van der Waals surface area contributed by atoms with Crippen LogP contribution in [0.4, 0.5) is 0 Å². The molecule has 7 heteroatoms. The summed E-state index contributed by atoms with van der Waals surface area (Å²) >= 11 is 0. The van der Waals surface area contributed by atoms with Gasteiger partial charge in [0.2, 0.25) is 11.8 Å². The summed E-state index contributed by atoms with van der Waals surface area (Å²) < 4.78 is 1.78. The van der Waals surface area contributed by atoms with Gasteiger partial charge in [0.15, 0.2) is 0 Å². The fraction of sp³-hybridized carbons (Fsp3) is 0.615. The number of nitrogens with zero attached hydrogens (tertiary/aromatic N) is 4. The zero-order valence-corrected chi connectivity index (χ0v) is 19.2. The van der Waals surface area contributed by atoms with Crippen LogP contribution in [0.3, 0.4) is 0 Å². The fourth-order valence-electron chi connectivity index (χ4n) is 7.53. The summed E-state index contributed by atoms with van der Waals surface area (Å²) in [6.07, 6.45) is 12.1. The van der Waals surface area contributed by atoms with Crippen molar-refractivity contribution in [2.24, 2.45) is 23.2 Å². The first kappa shape index (κ1) is 20.9. The molecule has 1 N–H and O–H groups in total. The molecule has 2 aromatic rings. The highest BCUT2D eigenvalue weighted by Crippen LogP contribution is 2.60. The van der Waals surface area contributed by atoms with E-state index in [1.165, 1.54) is 25.6 Å². The lowest BCUT2D eigenvalue weighted by atomic mass is 9.49. The summed E-state index contributed by atoms with van der Waals surface area (Å²) in [5.74, 6) is 2.50. The Bertz CT molecular complexity index is 981. The first-order chi connectivity index (χ1) is 16.1. The van der Waals surface area contributed by atoms with Gasteiger partial charge in [-0.05, 0) is 80.2 Å². The zero-order chi connectivity index (χ0) is 22.4. The lowest BCUT2D eigenvalue weighted by Gasteiger charge is -2.56. The van der Waals surface area contributed by atoms with Gasteiger partial charge in [0.1, 0.15) is 18.7 Å². The minimum atomic E-state index is -0.308. The van der Waals surface area contributed by atoms with E-state index >= 15 is 0 Å². The van der Waals surface area contributed by atoms with Crippen molar-refractivity contribution in [2.45, 2.75) is 70.5 Å². The van der Waals surface area contributed by atoms with E-state index in [2.05, 4.69) is 27.5 Å². The number of benzene rings is 1. The number of likely N-dealkylation sites (tertiary alicyclic amines) is 1. The molecule has 1 aromatic heterocycles. The van der Waals surface area contributed by atoms with E-state index in [1.54, 1.807) is 11.0 Å². The van der Waals surface area contributed by atoms with E-state index in [1.807, 2.05) is 17.0 Å². The Kier molecular flexibility index (Phi) is 5.23. The standard InChI is InChI=1S/C26H33N5O2/c32-24(28-14-18-3-5-19(6-4-18)15-30-17-27-16-29-30)23-2-1-7-31(23)25(33)26-11-20-8-21(12-26)10-22(9-20)13-26/h3-6,16-17,20-23H,1-2,7-15H2,(H,28,32). The van der Waals surface area contributed by atoms with Crippen molar-refractivity contribution >= 4 is 11.8 Å². The van der Waals surface area contributed by atoms with Gasteiger partial charge in [0, 0.05) is 13.1 Å². The largest absolute Gasteiger partial charge is 0.350 e. The molecule has 5 aliphatic rings. The van der Waals surface area contributed by atoms with Crippen LogP contribution in [0.1, 0.15) is 62.5 Å². The van der Waals surface area contributed by atoms with Crippen molar-refractivity contribution in [1.29, 1.82) is 0 Å². The lowest BCUT2D eigenvalue weighted by Crippen LogP contribution is -2.57. The van der Waals surface area contributed by atoms with Gasteiger partial charge in [-0.3, -0.25) is 9.59 Å². The predicted molar refractivity (Wildman–Crippen MR) is 123 cm³/mol. The molecule has 0 radical (unpaired) electrons. The van der Waals surface area contributed by atoms with Gasteiger partial charge in [-0.25, -0.2) is 9.67 Å². The second kappa shape index (κ2) is 8.26. The molecule has 1 atom stereocenters. The number of nitrogens with one attached hydrogen (secondary N) is 1. The summed E-state index contributed by atoms with van der Waals surface area (Å²) in [5, 5.41) is 7.24. The van der Waals surface area contributed by atoms with Gasteiger partial charge in [-0.15, -0.1) is 0 Å². The van der Waals surface area contributed by atoms with Crippen molar-refractivity contribution in [1.82, 2.24) is 25.0 Å². The normalized spacial score (nSPS) is 32.3. The summed E-state index contributed by atoms with van der Waals surface area (Å²) in [6.45, 7) is 1.89.